The molecule has 0 amide bonds. The summed E-state index contributed by atoms with van der Waals surface area (Å²) in [5, 5.41) is 10.0. The maximum Gasteiger partial charge on any atom is 0.238 e. The number of anilines is 1. The second-order valence-corrected chi connectivity index (χ2v) is 6.03. The number of fused-ring (bicyclic) bond motifs is 1. The predicted octanol–water partition coefficient (Wildman–Crippen LogP) is 2.31. The molecule has 0 fully saturated rings. The van der Waals surface area contributed by atoms with Gasteiger partial charge in [0, 0.05) is 22.5 Å². The van der Waals surface area contributed by atoms with E-state index < -0.39 is 10.0 Å². The van der Waals surface area contributed by atoms with E-state index >= 15 is 0 Å². The minimum Gasteiger partial charge on any atom is -0.382 e. The van der Waals surface area contributed by atoms with Crippen molar-refractivity contribution in [3.63, 3.8) is 0 Å². The highest BCUT2D eigenvalue weighted by atomic mass is 32.2. The van der Waals surface area contributed by atoms with E-state index in [1.165, 1.54) is 6.07 Å². The Kier molecular flexibility index (Phi) is 3.28. The van der Waals surface area contributed by atoms with Crippen molar-refractivity contribution in [2.75, 3.05) is 5.32 Å². The maximum atomic E-state index is 11.5. The van der Waals surface area contributed by atoms with Crippen molar-refractivity contribution in [3.8, 4) is 0 Å². The molecule has 0 saturated carbocycles. The standard InChI is InChI=1S/C13H16N2O2S/c1-9(2)15-12-7-3-6-11-10(12)5-4-8-13(11)18(14,16)17/h3-9,15H,1-2H3,(H2,14,16,17). The largest absolute Gasteiger partial charge is 0.382 e. The summed E-state index contributed by atoms with van der Waals surface area (Å²) in [4.78, 5) is 0.160. The Morgan fingerprint density at radius 1 is 1.06 bits per heavy atom. The summed E-state index contributed by atoms with van der Waals surface area (Å²) in [6.07, 6.45) is 0. The van der Waals surface area contributed by atoms with Crippen LogP contribution in [0.1, 0.15) is 13.8 Å². The Labute approximate surface area is 107 Å². The van der Waals surface area contributed by atoms with Gasteiger partial charge in [0.2, 0.25) is 10.0 Å². The lowest BCUT2D eigenvalue weighted by Gasteiger charge is -2.14. The molecule has 0 bridgehead atoms. The molecule has 0 aliphatic heterocycles. The van der Waals surface area contributed by atoms with Gasteiger partial charge in [0.1, 0.15) is 0 Å². The fourth-order valence-corrected chi connectivity index (χ4v) is 2.72. The second kappa shape index (κ2) is 4.59. The topological polar surface area (TPSA) is 72.2 Å². The Morgan fingerprint density at radius 3 is 2.28 bits per heavy atom. The first-order chi connectivity index (χ1) is 8.39. The number of rotatable bonds is 3. The molecule has 0 unspecified atom stereocenters. The van der Waals surface area contributed by atoms with E-state index in [1.54, 1.807) is 12.1 Å². The lowest BCUT2D eigenvalue weighted by molar-refractivity contribution is 0.598. The first kappa shape index (κ1) is 12.9. The van der Waals surface area contributed by atoms with E-state index in [9.17, 15) is 8.42 Å². The molecule has 96 valence electrons. The van der Waals surface area contributed by atoms with Gasteiger partial charge in [-0.3, -0.25) is 0 Å². The van der Waals surface area contributed by atoms with Crippen LogP contribution in [0.4, 0.5) is 5.69 Å². The molecule has 0 aromatic heterocycles. The van der Waals surface area contributed by atoms with Gasteiger partial charge in [0.15, 0.2) is 0 Å². The summed E-state index contributed by atoms with van der Waals surface area (Å²) < 4.78 is 23.1. The van der Waals surface area contributed by atoms with Crippen LogP contribution in [0.3, 0.4) is 0 Å². The van der Waals surface area contributed by atoms with Crippen LogP contribution < -0.4 is 10.5 Å². The molecule has 0 heterocycles. The zero-order valence-electron chi connectivity index (χ0n) is 10.3. The Morgan fingerprint density at radius 2 is 1.67 bits per heavy atom. The second-order valence-electron chi connectivity index (χ2n) is 4.50. The normalized spacial score (nSPS) is 12.0. The number of primary sulfonamides is 1. The minimum atomic E-state index is -3.70. The Bertz CT molecular complexity index is 678. The Balaban J connectivity index is 2.73. The van der Waals surface area contributed by atoms with Gasteiger partial charge >= 0.3 is 0 Å². The number of hydrogen-bond donors (Lipinski definition) is 2. The van der Waals surface area contributed by atoms with E-state index in [4.69, 9.17) is 5.14 Å². The monoisotopic (exact) mass is 264 g/mol. The van der Waals surface area contributed by atoms with Crippen molar-refractivity contribution >= 4 is 26.5 Å². The first-order valence-corrected chi connectivity index (χ1v) is 7.25. The molecule has 0 saturated heterocycles. The molecule has 0 aliphatic carbocycles. The lowest BCUT2D eigenvalue weighted by atomic mass is 10.1. The molecule has 5 heteroatoms. The molecular formula is C13H16N2O2S. The number of sulfonamides is 1. The lowest BCUT2D eigenvalue weighted by Crippen LogP contribution is -2.13. The van der Waals surface area contributed by atoms with Gasteiger partial charge in [-0.05, 0) is 26.0 Å². The van der Waals surface area contributed by atoms with Gasteiger partial charge in [-0.15, -0.1) is 0 Å². The van der Waals surface area contributed by atoms with E-state index in [0.717, 1.165) is 11.1 Å². The molecule has 3 N–H and O–H groups in total. The summed E-state index contributed by atoms with van der Waals surface area (Å²) in [7, 11) is -3.70. The summed E-state index contributed by atoms with van der Waals surface area (Å²) in [6.45, 7) is 4.06. The Hall–Kier alpha value is -1.59. The van der Waals surface area contributed by atoms with Crippen molar-refractivity contribution in [1.82, 2.24) is 0 Å². The first-order valence-electron chi connectivity index (χ1n) is 5.70. The van der Waals surface area contributed by atoms with Gasteiger partial charge in [0.05, 0.1) is 4.90 Å². The van der Waals surface area contributed by atoms with Crippen molar-refractivity contribution in [2.24, 2.45) is 5.14 Å². The fourth-order valence-electron chi connectivity index (χ4n) is 1.97. The zero-order chi connectivity index (χ0) is 13.3. The molecular weight excluding hydrogens is 248 g/mol. The number of nitrogens with two attached hydrogens (primary N) is 1. The van der Waals surface area contributed by atoms with E-state index in [-0.39, 0.29) is 10.9 Å². The molecule has 0 spiro atoms. The maximum absolute atomic E-state index is 11.5. The van der Waals surface area contributed by atoms with Gasteiger partial charge in [-0.1, -0.05) is 24.3 Å². The third-order valence-electron chi connectivity index (χ3n) is 2.63. The highest BCUT2D eigenvalue weighted by Crippen LogP contribution is 2.28. The van der Waals surface area contributed by atoms with Crippen LogP contribution in [0.15, 0.2) is 41.3 Å². The summed E-state index contributed by atoms with van der Waals surface area (Å²) in [6, 6.07) is 10.9. The van der Waals surface area contributed by atoms with E-state index in [1.807, 2.05) is 32.0 Å². The molecule has 0 atom stereocenters. The van der Waals surface area contributed by atoms with Crippen LogP contribution in [-0.4, -0.2) is 14.5 Å². The number of nitrogens with one attached hydrogen (secondary N) is 1. The van der Waals surface area contributed by atoms with E-state index in [0.29, 0.717) is 5.39 Å². The minimum absolute atomic E-state index is 0.160. The SMILES string of the molecule is CC(C)Nc1cccc2c(S(N)(=O)=O)cccc12. The number of benzene rings is 2. The van der Waals surface area contributed by atoms with Crippen molar-refractivity contribution in [3.05, 3.63) is 36.4 Å². The van der Waals surface area contributed by atoms with Gasteiger partial charge in [-0.25, -0.2) is 13.6 Å². The molecule has 2 rings (SSSR count). The van der Waals surface area contributed by atoms with Gasteiger partial charge in [-0.2, -0.15) is 0 Å². The van der Waals surface area contributed by atoms with Crippen LogP contribution in [0.25, 0.3) is 10.8 Å². The van der Waals surface area contributed by atoms with Crippen LogP contribution in [0.2, 0.25) is 0 Å². The fraction of sp³-hybridized carbons (Fsp3) is 0.231. The van der Waals surface area contributed by atoms with Crippen LogP contribution in [0, 0.1) is 0 Å². The summed E-state index contributed by atoms with van der Waals surface area (Å²) in [5.41, 5.74) is 0.910. The highest BCUT2D eigenvalue weighted by molar-refractivity contribution is 7.89. The average molecular weight is 264 g/mol. The molecule has 4 nitrogen and oxygen atoms in total. The van der Waals surface area contributed by atoms with Crippen molar-refractivity contribution in [1.29, 1.82) is 0 Å². The molecule has 18 heavy (non-hydrogen) atoms. The van der Waals surface area contributed by atoms with Crippen LogP contribution in [0.5, 0.6) is 0 Å². The van der Waals surface area contributed by atoms with Crippen LogP contribution >= 0.6 is 0 Å². The van der Waals surface area contributed by atoms with E-state index in [2.05, 4.69) is 5.32 Å². The average Bonchev–Trinajstić information content (AvgIpc) is 2.26. The smallest absolute Gasteiger partial charge is 0.238 e. The summed E-state index contributed by atoms with van der Waals surface area (Å²) in [5.74, 6) is 0. The zero-order valence-corrected chi connectivity index (χ0v) is 11.2. The highest BCUT2D eigenvalue weighted by Gasteiger charge is 2.13. The number of hydrogen-bond acceptors (Lipinski definition) is 3. The third kappa shape index (κ3) is 2.47. The van der Waals surface area contributed by atoms with Crippen LogP contribution in [-0.2, 0) is 10.0 Å². The van der Waals surface area contributed by atoms with Crippen molar-refractivity contribution < 1.29 is 8.42 Å². The van der Waals surface area contributed by atoms with Crippen molar-refractivity contribution in [2.45, 2.75) is 24.8 Å². The molecule has 2 aromatic rings. The summed E-state index contributed by atoms with van der Waals surface area (Å²) >= 11 is 0. The predicted molar refractivity (Wildman–Crippen MR) is 74.1 cm³/mol. The molecule has 2 aromatic carbocycles. The third-order valence-corrected chi connectivity index (χ3v) is 3.60. The molecule has 0 aliphatic rings. The molecule has 0 radical (unpaired) electrons. The quantitative estimate of drug-likeness (QED) is 0.893. The van der Waals surface area contributed by atoms with Gasteiger partial charge in [0.25, 0.3) is 0 Å². The van der Waals surface area contributed by atoms with Gasteiger partial charge < -0.3 is 5.32 Å².